The highest BCUT2D eigenvalue weighted by Gasteiger charge is 2.27. The largest absolute Gasteiger partial charge is 0.481 e. The number of carboxylic acids is 1. The molecule has 7 heteroatoms. The van der Waals surface area contributed by atoms with E-state index in [0.717, 1.165) is 38.9 Å². The second-order valence-corrected chi connectivity index (χ2v) is 7.29. The van der Waals surface area contributed by atoms with Crippen molar-refractivity contribution in [1.29, 1.82) is 0 Å². The van der Waals surface area contributed by atoms with Gasteiger partial charge in [0.15, 0.2) is 5.82 Å². The molecule has 1 saturated heterocycles. The lowest BCUT2D eigenvalue weighted by Gasteiger charge is -2.27. The van der Waals surface area contributed by atoms with Crippen LogP contribution in [0.2, 0.25) is 0 Å². The zero-order chi connectivity index (χ0) is 17.6. The Morgan fingerprint density at radius 3 is 2.60 bits per heavy atom. The Balaban J connectivity index is 1.49. The molecule has 0 spiro atoms. The maximum absolute atomic E-state index is 12.5. The molecule has 25 heavy (non-hydrogen) atoms. The minimum absolute atomic E-state index is 0.0534. The van der Waals surface area contributed by atoms with Crippen LogP contribution in [0.1, 0.15) is 55.6 Å². The number of carbonyl (C=O) groups excluding carboxylic acids is 1. The monoisotopic (exact) mass is 348 g/mol. The van der Waals surface area contributed by atoms with Crippen LogP contribution in [0.5, 0.6) is 0 Å². The number of nitrogens with one attached hydrogen (secondary N) is 2. The topological polar surface area (TPSA) is 96.2 Å². The van der Waals surface area contributed by atoms with E-state index in [0.29, 0.717) is 24.6 Å². The predicted octanol–water partition coefficient (Wildman–Crippen LogP) is 1.65. The van der Waals surface area contributed by atoms with E-state index in [1.807, 2.05) is 10.8 Å². The maximum Gasteiger partial charge on any atom is 0.306 e. The van der Waals surface area contributed by atoms with Crippen molar-refractivity contribution in [3.8, 4) is 0 Å². The van der Waals surface area contributed by atoms with Gasteiger partial charge in [-0.2, -0.15) is 0 Å². The molecule has 0 bridgehead atoms. The third kappa shape index (κ3) is 4.81. The first kappa shape index (κ1) is 17.9. The van der Waals surface area contributed by atoms with E-state index in [1.165, 1.54) is 12.8 Å². The molecular formula is C18H28N4O3. The molecule has 1 aromatic heterocycles. The molecule has 138 valence electrons. The van der Waals surface area contributed by atoms with Gasteiger partial charge >= 0.3 is 5.97 Å². The van der Waals surface area contributed by atoms with Gasteiger partial charge in [0.05, 0.1) is 5.92 Å². The number of aryl methyl sites for hydroxylation is 1. The molecular weight excluding hydrogens is 320 g/mol. The summed E-state index contributed by atoms with van der Waals surface area (Å²) in [6, 6.07) is 0.0534. The third-order valence-corrected chi connectivity index (χ3v) is 5.57. The Labute approximate surface area is 148 Å². The van der Waals surface area contributed by atoms with Crippen LogP contribution in [0.15, 0.2) is 12.4 Å². The van der Waals surface area contributed by atoms with E-state index in [2.05, 4.69) is 15.6 Å². The van der Waals surface area contributed by atoms with Crippen LogP contribution in [0, 0.1) is 11.8 Å². The smallest absolute Gasteiger partial charge is 0.306 e. The van der Waals surface area contributed by atoms with Crippen molar-refractivity contribution >= 4 is 11.9 Å². The van der Waals surface area contributed by atoms with E-state index >= 15 is 0 Å². The van der Waals surface area contributed by atoms with Crippen molar-refractivity contribution in [2.24, 2.45) is 11.8 Å². The summed E-state index contributed by atoms with van der Waals surface area (Å²) in [6.45, 7) is 2.99. The van der Waals surface area contributed by atoms with Crippen LogP contribution in [0.4, 0.5) is 0 Å². The van der Waals surface area contributed by atoms with Crippen molar-refractivity contribution < 1.29 is 14.7 Å². The molecule has 1 aliphatic carbocycles. The summed E-state index contributed by atoms with van der Waals surface area (Å²) >= 11 is 0. The highest BCUT2D eigenvalue weighted by atomic mass is 16.4. The molecule has 1 aromatic rings. The Bertz CT molecular complexity index is 587. The quantitative estimate of drug-likeness (QED) is 0.726. The van der Waals surface area contributed by atoms with E-state index in [9.17, 15) is 9.59 Å². The van der Waals surface area contributed by atoms with Gasteiger partial charge in [-0.3, -0.25) is 9.59 Å². The summed E-state index contributed by atoms with van der Waals surface area (Å²) in [7, 11) is 0. The van der Waals surface area contributed by atoms with Gasteiger partial charge in [0.2, 0.25) is 0 Å². The van der Waals surface area contributed by atoms with Crippen LogP contribution < -0.4 is 10.6 Å². The fourth-order valence-electron chi connectivity index (χ4n) is 3.93. The molecule has 0 atom stereocenters. The van der Waals surface area contributed by atoms with Gasteiger partial charge in [0.25, 0.3) is 5.91 Å². The summed E-state index contributed by atoms with van der Waals surface area (Å²) in [6.07, 6.45) is 9.72. The standard InChI is InChI=1S/C18H28N4O3/c23-17(21-15-3-1-14(2-4-15)18(24)25)16-20-10-12-22(16)11-7-13-5-8-19-9-6-13/h10,12-15,19H,1-9,11H2,(H,21,23)(H,24,25)/t14-,15-. The Morgan fingerprint density at radius 2 is 1.92 bits per heavy atom. The molecule has 1 aliphatic heterocycles. The van der Waals surface area contributed by atoms with Crippen LogP contribution >= 0.6 is 0 Å². The van der Waals surface area contributed by atoms with Crippen LogP contribution in [0.3, 0.4) is 0 Å². The summed E-state index contributed by atoms with van der Waals surface area (Å²) < 4.78 is 1.94. The first-order valence-electron chi connectivity index (χ1n) is 9.39. The molecule has 0 unspecified atom stereocenters. The first-order valence-corrected chi connectivity index (χ1v) is 9.39. The van der Waals surface area contributed by atoms with Crippen LogP contribution in [-0.2, 0) is 11.3 Å². The summed E-state index contributed by atoms with van der Waals surface area (Å²) in [5, 5.41) is 15.5. The molecule has 3 N–H and O–H groups in total. The number of nitrogens with zero attached hydrogens (tertiary/aromatic N) is 2. The maximum atomic E-state index is 12.5. The van der Waals surface area contributed by atoms with Crippen molar-refractivity contribution in [2.75, 3.05) is 13.1 Å². The zero-order valence-corrected chi connectivity index (χ0v) is 14.6. The number of aromatic nitrogens is 2. The minimum Gasteiger partial charge on any atom is -0.481 e. The number of rotatable bonds is 6. The number of carbonyl (C=O) groups is 2. The normalized spacial score (nSPS) is 24.8. The Hall–Kier alpha value is -1.89. The molecule has 7 nitrogen and oxygen atoms in total. The van der Waals surface area contributed by atoms with Gasteiger partial charge in [-0.15, -0.1) is 0 Å². The number of hydrogen-bond donors (Lipinski definition) is 3. The number of hydrogen-bond acceptors (Lipinski definition) is 4. The highest BCUT2D eigenvalue weighted by molar-refractivity contribution is 5.91. The van der Waals surface area contributed by atoms with Gasteiger partial charge in [-0.05, 0) is 64.0 Å². The van der Waals surface area contributed by atoms with Gasteiger partial charge < -0.3 is 20.3 Å². The molecule has 2 heterocycles. The summed E-state index contributed by atoms with van der Waals surface area (Å²) in [5.41, 5.74) is 0. The average Bonchev–Trinajstić information content (AvgIpc) is 3.10. The molecule has 1 amide bonds. The minimum atomic E-state index is -0.724. The van der Waals surface area contributed by atoms with E-state index in [1.54, 1.807) is 6.20 Å². The van der Waals surface area contributed by atoms with E-state index in [4.69, 9.17) is 5.11 Å². The lowest BCUT2D eigenvalue weighted by atomic mass is 9.86. The van der Waals surface area contributed by atoms with Gasteiger partial charge in [0.1, 0.15) is 0 Å². The second-order valence-electron chi connectivity index (χ2n) is 7.29. The van der Waals surface area contributed by atoms with Crippen molar-refractivity contribution in [2.45, 2.75) is 57.5 Å². The van der Waals surface area contributed by atoms with Crippen LogP contribution in [0.25, 0.3) is 0 Å². The number of amides is 1. The fourth-order valence-corrected chi connectivity index (χ4v) is 3.93. The summed E-state index contributed by atoms with van der Waals surface area (Å²) in [5.74, 6) is 0.0487. The molecule has 3 rings (SSSR count). The number of piperidine rings is 1. The number of aliphatic carboxylic acids is 1. The van der Waals surface area contributed by atoms with Crippen molar-refractivity contribution in [3.63, 3.8) is 0 Å². The van der Waals surface area contributed by atoms with E-state index < -0.39 is 5.97 Å². The van der Waals surface area contributed by atoms with Gasteiger partial charge in [0, 0.05) is 25.0 Å². The first-order chi connectivity index (χ1) is 12.1. The number of carboxylic acid groups (broad SMARTS) is 1. The Kier molecular flexibility index (Phi) is 6.07. The molecule has 2 fully saturated rings. The molecule has 0 radical (unpaired) electrons. The lowest BCUT2D eigenvalue weighted by Crippen LogP contribution is -2.39. The van der Waals surface area contributed by atoms with Gasteiger partial charge in [-0.25, -0.2) is 4.98 Å². The van der Waals surface area contributed by atoms with Gasteiger partial charge in [-0.1, -0.05) is 0 Å². The van der Waals surface area contributed by atoms with Crippen LogP contribution in [-0.4, -0.2) is 45.7 Å². The third-order valence-electron chi connectivity index (χ3n) is 5.57. The SMILES string of the molecule is O=C(N[C@H]1CC[C@H](C(=O)O)CC1)c1nccn1CCC1CCNCC1. The number of imidazole rings is 1. The highest BCUT2D eigenvalue weighted by Crippen LogP contribution is 2.24. The predicted molar refractivity (Wildman–Crippen MR) is 93.3 cm³/mol. The van der Waals surface area contributed by atoms with Crippen molar-refractivity contribution in [3.05, 3.63) is 18.2 Å². The second kappa shape index (κ2) is 8.47. The molecule has 1 saturated carbocycles. The lowest BCUT2D eigenvalue weighted by molar-refractivity contribution is -0.142. The molecule has 0 aromatic carbocycles. The summed E-state index contributed by atoms with van der Waals surface area (Å²) in [4.78, 5) is 27.8. The molecule has 2 aliphatic rings. The van der Waals surface area contributed by atoms with Crippen molar-refractivity contribution in [1.82, 2.24) is 20.2 Å². The fraction of sp³-hybridized carbons (Fsp3) is 0.722. The Morgan fingerprint density at radius 1 is 1.20 bits per heavy atom. The van der Waals surface area contributed by atoms with E-state index in [-0.39, 0.29) is 17.9 Å². The average molecular weight is 348 g/mol. The zero-order valence-electron chi connectivity index (χ0n) is 14.6.